The van der Waals surface area contributed by atoms with E-state index in [4.69, 9.17) is 26.5 Å². The summed E-state index contributed by atoms with van der Waals surface area (Å²) in [5, 5.41) is 10.7. The number of rotatable bonds is 5. The van der Waals surface area contributed by atoms with Crippen LogP contribution in [0.25, 0.3) is 6.08 Å². The largest absolute Gasteiger partial charge is 0.493 e. The van der Waals surface area contributed by atoms with Crippen LogP contribution in [0.2, 0.25) is 5.02 Å². The number of methoxy groups -OCH3 is 1. The molecule has 128 valence electrons. The number of benzene rings is 2. The maximum atomic E-state index is 11.7. The summed E-state index contributed by atoms with van der Waals surface area (Å²) in [6.45, 7) is 0.368. The van der Waals surface area contributed by atoms with E-state index in [9.17, 15) is 4.79 Å². The molecule has 5 nitrogen and oxygen atoms in total. The van der Waals surface area contributed by atoms with Gasteiger partial charge < -0.3 is 14.8 Å². The Kier molecular flexibility index (Phi) is 5.31. The van der Waals surface area contributed by atoms with E-state index in [0.29, 0.717) is 28.0 Å². The Morgan fingerprint density at radius 1 is 1.20 bits per heavy atom. The second kappa shape index (κ2) is 7.63. The van der Waals surface area contributed by atoms with Gasteiger partial charge in [-0.15, -0.1) is 0 Å². The summed E-state index contributed by atoms with van der Waals surface area (Å²) in [5.41, 5.74) is 1.77. The molecule has 0 aromatic heterocycles. The van der Waals surface area contributed by atoms with Crippen LogP contribution in [-0.4, -0.2) is 18.2 Å². The van der Waals surface area contributed by atoms with Gasteiger partial charge in [0.05, 0.1) is 12.0 Å². The summed E-state index contributed by atoms with van der Waals surface area (Å²) in [6.07, 6.45) is 1.72. The molecule has 3 rings (SSSR count). The third-order valence-electron chi connectivity index (χ3n) is 3.46. The molecule has 25 heavy (non-hydrogen) atoms. The van der Waals surface area contributed by atoms with E-state index in [1.54, 1.807) is 25.3 Å². The smallest absolute Gasteiger partial charge is 0.264 e. The van der Waals surface area contributed by atoms with Crippen molar-refractivity contribution in [3.63, 3.8) is 0 Å². The predicted molar refractivity (Wildman–Crippen MR) is 100 cm³/mol. The fourth-order valence-electron chi connectivity index (χ4n) is 2.23. The molecular weight excluding hydrogens is 360 g/mol. The van der Waals surface area contributed by atoms with Crippen molar-refractivity contribution < 1.29 is 14.3 Å². The quantitative estimate of drug-likeness (QED) is 0.774. The zero-order valence-corrected chi connectivity index (χ0v) is 14.9. The second-order valence-corrected chi connectivity index (χ2v) is 6.71. The fourth-order valence-corrected chi connectivity index (χ4v) is 3.06. The zero-order valence-electron chi connectivity index (χ0n) is 13.3. The van der Waals surface area contributed by atoms with Crippen LogP contribution in [-0.2, 0) is 11.4 Å². The van der Waals surface area contributed by atoms with Crippen LogP contribution < -0.4 is 14.8 Å². The van der Waals surface area contributed by atoms with Gasteiger partial charge in [-0.2, -0.15) is 0 Å². The number of thioether (sulfide) groups is 1. The normalized spacial score (nSPS) is 15.4. The van der Waals surface area contributed by atoms with Gasteiger partial charge in [0.2, 0.25) is 0 Å². The minimum absolute atomic E-state index is 0.129. The number of halogens is 1. The number of hydrogen-bond acceptors (Lipinski definition) is 5. The van der Waals surface area contributed by atoms with Crippen LogP contribution >= 0.6 is 23.4 Å². The highest BCUT2D eigenvalue weighted by Gasteiger charge is 2.22. The van der Waals surface area contributed by atoms with Gasteiger partial charge in [0.15, 0.2) is 16.7 Å². The van der Waals surface area contributed by atoms with Gasteiger partial charge in [-0.25, -0.2) is 0 Å². The van der Waals surface area contributed by atoms with Gasteiger partial charge >= 0.3 is 0 Å². The molecule has 0 spiro atoms. The molecule has 1 saturated heterocycles. The number of amidine groups is 1. The summed E-state index contributed by atoms with van der Waals surface area (Å²) < 4.78 is 11.2. The first-order valence-corrected chi connectivity index (χ1v) is 8.59. The summed E-state index contributed by atoms with van der Waals surface area (Å²) in [4.78, 5) is 12.2. The molecule has 1 aliphatic heterocycles. The number of hydrogen-bond donors (Lipinski definition) is 2. The molecule has 0 aliphatic carbocycles. The number of ether oxygens (including phenoxy) is 2. The molecule has 1 aliphatic rings. The second-order valence-electron chi connectivity index (χ2n) is 5.22. The Bertz CT molecular complexity index is 850. The Morgan fingerprint density at radius 2 is 1.96 bits per heavy atom. The van der Waals surface area contributed by atoms with E-state index in [1.807, 2.05) is 30.3 Å². The van der Waals surface area contributed by atoms with Crippen molar-refractivity contribution in [2.75, 3.05) is 7.11 Å². The van der Waals surface area contributed by atoms with Crippen molar-refractivity contribution in [1.82, 2.24) is 5.32 Å². The van der Waals surface area contributed by atoms with Crippen LogP contribution in [0.15, 0.2) is 47.4 Å². The maximum Gasteiger partial charge on any atom is 0.264 e. The first-order chi connectivity index (χ1) is 12.0. The minimum atomic E-state index is -0.269. The molecule has 0 atom stereocenters. The third-order valence-corrected chi connectivity index (χ3v) is 4.54. The van der Waals surface area contributed by atoms with Crippen LogP contribution in [0.3, 0.4) is 0 Å². The maximum absolute atomic E-state index is 11.7. The van der Waals surface area contributed by atoms with Crippen molar-refractivity contribution >= 4 is 40.5 Å². The van der Waals surface area contributed by atoms with E-state index in [-0.39, 0.29) is 11.1 Å². The molecule has 1 heterocycles. The Hall–Kier alpha value is -2.44. The van der Waals surface area contributed by atoms with Gasteiger partial charge in [-0.05, 0) is 53.2 Å². The van der Waals surface area contributed by atoms with Gasteiger partial charge in [-0.3, -0.25) is 10.2 Å². The lowest BCUT2D eigenvalue weighted by atomic mass is 10.2. The van der Waals surface area contributed by atoms with Crippen LogP contribution in [0.4, 0.5) is 0 Å². The highest BCUT2D eigenvalue weighted by Crippen LogP contribution is 2.32. The molecule has 2 aromatic rings. The Morgan fingerprint density at radius 3 is 2.60 bits per heavy atom. The summed E-state index contributed by atoms with van der Waals surface area (Å²) in [7, 11) is 1.57. The number of nitrogens with one attached hydrogen (secondary N) is 2. The SMILES string of the molecule is COc1ccc(/C=C2\SC(=N)NC2=O)cc1OCc1ccc(Cl)cc1. The molecule has 1 amide bonds. The molecule has 0 saturated carbocycles. The fraction of sp³-hybridized carbons (Fsp3) is 0.111. The van der Waals surface area contributed by atoms with E-state index in [1.165, 1.54) is 0 Å². The lowest BCUT2D eigenvalue weighted by Gasteiger charge is -2.12. The van der Waals surface area contributed by atoms with Crippen molar-refractivity contribution in [2.45, 2.75) is 6.61 Å². The summed E-state index contributed by atoms with van der Waals surface area (Å²) >= 11 is 6.98. The lowest BCUT2D eigenvalue weighted by molar-refractivity contribution is -0.115. The molecule has 0 radical (unpaired) electrons. The number of amides is 1. The van der Waals surface area contributed by atoms with E-state index >= 15 is 0 Å². The lowest BCUT2D eigenvalue weighted by Crippen LogP contribution is -2.18. The van der Waals surface area contributed by atoms with Crippen LogP contribution in [0.1, 0.15) is 11.1 Å². The van der Waals surface area contributed by atoms with Gasteiger partial charge in [0.25, 0.3) is 5.91 Å². The zero-order chi connectivity index (χ0) is 17.8. The van der Waals surface area contributed by atoms with Gasteiger partial charge in [0, 0.05) is 5.02 Å². The molecule has 7 heteroatoms. The molecule has 0 bridgehead atoms. The highest BCUT2D eigenvalue weighted by atomic mass is 35.5. The first-order valence-electron chi connectivity index (χ1n) is 7.40. The third kappa shape index (κ3) is 4.35. The monoisotopic (exact) mass is 374 g/mol. The topological polar surface area (TPSA) is 71.4 Å². The predicted octanol–water partition coefficient (Wildman–Crippen LogP) is 4.07. The average molecular weight is 375 g/mol. The molecule has 2 aromatic carbocycles. The molecule has 1 fully saturated rings. The Balaban J connectivity index is 1.80. The number of carbonyl (C=O) groups excluding carboxylic acids is 1. The van der Waals surface area contributed by atoms with Crippen molar-refractivity contribution in [1.29, 1.82) is 5.41 Å². The molecule has 2 N–H and O–H groups in total. The molecular formula is C18H15ClN2O3S. The molecule has 0 unspecified atom stereocenters. The van der Waals surface area contributed by atoms with E-state index < -0.39 is 0 Å². The first kappa shape index (κ1) is 17.4. The van der Waals surface area contributed by atoms with Gasteiger partial charge in [0.1, 0.15) is 6.61 Å². The van der Waals surface area contributed by atoms with Crippen LogP contribution in [0, 0.1) is 5.41 Å². The van der Waals surface area contributed by atoms with Crippen molar-refractivity contribution in [3.8, 4) is 11.5 Å². The van der Waals surface area contributed by atoms with Crippen LogP contribution in [0.5, 0.6) is 11.5 Å². The van der Waals surface area contributed by atoms with Crippen molar-refractivity contribution in [3.05, 3.63) is 63.5 Å². The minimum Gasteiger partial charge on any atom is -0.493 e. The van der Waals surface area contributed by atoms with E-state index in [0.717, 1.165) is 22.9 Å². The van der Waals surface area contributed by atoms with Gasteiger partial charge in [-0.1, -0.05) is 29.8 Å². The summed E-state index contributed by atoms with van der Waals surface area (Å²) in [5.74, 6) is 0.909. The summed E-state index contributed by atoms with van der Waals surface area (Å²) in [6, 6.07) is 12.8. The Labute approximate surface area is 154 Å². The average Bonchev–Trinajstić information content (AvgIpc) is 2.92. The number of carbonyl (C=O) groups is 1. The van der Waals surface area contributed by atoms with E-state index in [2.05, 4.69) is 5.32 Å². The highest BCUT2D eigenvalue weighted by molar-refractivity contribution is 8.18. The standard InChI is InChI=1S/C18H15ClN2O3S/c1-23-14-7-4-12(9-16-17(22)21-18(20)25-16)8-15(14)24-10-11-2-5-13(19)6-3-11/h2-9H,10H2,1H3,(H2,20,21,22)/b16-9-. The van der Waals surface area contributed by atoms with Crippen molar-refractivity contribution in [2.24, 2.45) is 0 Å².